The molecule has 8 nitrogen and oxygen atoms in total. The van der Waals surface area contributed by atoms with Gasteiger partial charge in [-0.05, 0) is 25.0 Å². The van der Waals surface area contributed by atoms with E-state index < -0.39 is 0 Å². The van der Waals surface area contributed by atoms with Gasteiger partial charge in [0, 0.05) is 37.2 Å². The topological polar surface area (TPSA) is 89.7 Å². The van der Waals surface area contributed by atoms with Crippen LogP contribution in [0.1, 0.15) is 31.5 Å². The molecule has 0 unspecified atom stereocenters. The van der Waals surface area contributed by atoms with Gasteiger partial charge in [0.25, 0.3) is 0 Å². The minimum absolute atomic E-state index is 0.136. The van der Waals surface area contributed by atoms with E-state index in [1.165, 1.54) is 0 Å². The lowest BCUT2D eigenvalue weighted by Gasteiger charge is -2.37. The first-order valence-corrected chi connectivity index (χ1v) is 8.54. The quantitative estimate of drug-likeness (QED) is 0.901. The number of hydrogen-bond acceptors (Lipinski definition) is 6. The molecule has 1 fully saturated rings. The van der Waals surface area contributed by atoms with E-state index in [4.69, 9.17) is 14.0 Å². The number of benzene rings is 1. The molecule has 0 aliphatic carbocycles. The van der Waals surface area contributed by atoms with Crippen LogP contribution in [0.15, 0.2) is 22.7 Å². The fraction of sp³-hybridized carbons (Fsp3) is 0.500. The fourth-order valence-electron chi connectivity index (χ4n) is 3.09. The number of amides is 2. The second-order valence-electron chi connectivity index (χ2n) is 6.68. The fourth-order valence-corrected chi connectivity index (χ4v) is 3.09. The van der Waals surface area contributed by atoms with Crippen LogP contribution in [-0.2, 0) is 5.41 Å². The number of likely N-dealkylation sites (tertiary alicyclic amines) is 1. The van der Waals surface area contributed by atoms with E-state index in [2.05, 4.69) is 22.4 Å². The van der Waals surface area contributed by atoms with Gasteiger partial charge in [-0.1, -0.05) is 12.1 Å². The summed E-state index contributed by atoms with van der Waals surface area (Å²) in [5.74, 6) is 2.48. The van der Waals surface area contributed by atoms with Gasteiger partial charge >= 0.3 is 6.03 Å². The SMILES string of the molecule is COc1ccc(NC(=O)N2CCC(C)(c3noc(C)n3)CC2)cc1OC. The molecule has 0 radical (unpaired) electrons. The first-order valence-electron chi connectivity index (χ1n) is 8.54. The van der Waals surface area contributed by atoms with Crippen molar-refractivity contribution in [3.63, 3.8) is 0 Å². The average molecular weight is 360 g/mol. The third-order valence-corrected chi connectivity index (χ3v) is 4.86. The molecule has 140 valence electrons. The van der Waals surface area contributed by atoms with E-state index >= 15 is 0 Å². The molecule has 1 saturated heterocycles. The lowest BCUT2D eigenvalue weighted by Crippen LogP contribution is -2.46. The van der Waals surface area contributed by atoms with Crippen LogP contribution in [-0.4, -0.2) is 48.4 Å². The molecule has 1 N–H and O–H groups in total. The highest BCUT2D eigenvalue weighted by Crippen LogP contribution is 2.34. The van der Waals surface area contributed by atoms with Crippen LogP contribution < -0.4 is 14.8 Å². The molecule has 0 saturated carbocycles. The molecular formula is C18H24N4O4. The number of ether oxygens (including phenoxy) is 2. The summed E-state index contributed by atoms with van der Waals surface area (Å²) in [4.78, 5) is 18.7. The standard InChI is InChI=1S/C18H24N4O4/c1-12-19-16(21-26-12)18(2)7-9-22(10-8-18)17(23)20-13-5-6-14(24-3)15(11-13)25-4/h5-6,11H,7-10H2,1-4H3,(H,20,23). The molecule has 0 bridgehead atoms. The van der Waals surface area contributed by atoms with Crippen LogP contribution in [0.4, 0.5) is 10.5 Å². The van der Waals surface area contributed by atoms with Gasteiger partial charge in [-0.25, -0.2) is 4.79 Å². The van der Waals surface area contributed by atoms with Crippen molar-refractivity contribution in [2.24, 2.45) is 0 Å². The Labute approximate surface area is 152 Å². The molecule has 1 aromatic carbocycles. The van der Waals surface area contributed by atoms with Gasteiger partial charge in [0.2, 0.25) is 5.89 Å². The van der Waals surface area contributed by atoms with Crippen LogP contribution in [0.5, 0.6) is 11.5 Å². The third-order valence-electron chi connectivity index (χ3n) is 4.86. The lowest BCUT2D eigenvalue weighted by atomic mass is 9.80. The molecule has 2 aromatic rings. The highest BCUT2D eigenvalue weighted by Gasteiger charge is 2.37. The molecule has 0 atom stereocenters. The molecule has 3 rings (SSSR count). The number of hydrogen-bond donors (Lipinski definition) is 1. The van der Waals surface area contributed by atoms with Crippen molar-refractivity contribution < 1.29 is 18.8 Å². The molecule has 0 spiro atoms. The van der Waals surface area contributed by atoms with Gasteiger partial charge in [-0.2, -0.15) is 4.98 Å². The number of anilines is 1. The predicted octanol–water partition coefficient (Wildman–Crippen LogP) is 2.98. The summed E-state index contributed by atoms with van der Waals surface area (Å²) in [6.45, 7) is 5.15. The normalized spacial score (nSPS) is 16.2. The minimum atomic E-state index is -0.169. The van der Waals surface area contributed by atoms with Crippen molar-refractivity contribution in [1.29, 1.82) is 0 Å². The van der Waals surface area contributed by atoms with Crippen molar-refractivity contribution >= 4 is 11.7 Å². The largest absolute Gasteiger partial charge is 0.493 e. The maximum atomic E-state index is 12.6. The predicted molar refractivity (Wildman–Crippen MR) is 95.8 cm³/mol. The Hall–Kier alpha value is -2.77. The van der Waals surface area contributed by atoms with E-state index in [-0.39, 0.29) is 11.4 Å². The second kappa shape index (κ2) is 7.23. The highest BCUT2D eigenvalue weighted by atomic mass is 16.5. The Kier molecular flexibility index (Phi) is 5.01. The van der Waals surface area contributed by atoms with Gasteiger partial charge in [0.05, 0.1) is 14.2 Å². The summed E-state index contributed by atoms with van der Waals surface area (Å²) in [5.41, 5.74) is 0.493. The third kappa shape index (κ3) is 3.58. The zero-order valence-electron chi connectivity index (χ0n) is 15.5. The lowest BCUT2D eigenvalue weighted by molar-refractivity contribution is 0.169. The van der Waals surface area contributed by atoms with E-state index in [0.29, 0.717) is 36.2 Å². The van der Waals surface area contributed by atoms with Crippen molar-refractivity contribution in [3.05, 3.63) is 29.9 Å². The summed E-state index contributed by atoms with van der Waals surface area (Å²) in [6, 6.07) is 5.16. The van der Waals surface area contributed by atoms with Crippen LogP contribution in [0.2, 0.25) is 0 Å². The van der Waals surface area contributed by atoms with E-state index in [9.17, 15) is 4.79 Å². The number of carbonyl (C=O) groups excluding carboxylic acids is 1. The number of nitrogens with zero attached hydrogens (tertiary/aromatic N) is 3. The van der Waals surface area contributed by atoms with Crippen molar-refractivity contribution in [2.45, 2.75) is 32.1 Å². The number of nitrogens with one attached hydrogen (secondary N) is 1. The number of rotatable bonds is 4. The van der Waals surface area contributed by atoms with Crippen LogP contribution in [0, 0.1) is 6.92 Å². The summed E-state index contributed by atoms with van der Waals surface area (Å²) >= 11 is 0. The van der Waals surface area contributed by atoms with Gasteiger partial charge in [-0.15, -0.1) is 0 Å². The number of methoxy groups -OCH3 is 2. The molecule has 2 amide bonds. The molecular weight excluding hydrogens is 336 g/mol. The number of aromatic nitrogens is 2. The zero-order valence-corrected chi connectivity index (χ0v) is 15.5. The number of carbonyl (C=O) groups is 1. The maximum Gasteiger partial charge on any atom is 0.321 e. The van der Waals surface area contributed by atoms with Gasteiger partial charge in [0.15, 0.2) is 17.3 Å². The summed E-state index contributed by atoms with van der Waals surface area (Å²) in [6.07, 6.45) is 1.57. The Balaban J connectivity index is 1.62. The highest BCUT2D eigenvalue weighted by molar-refractivity contribution is 5.89. The van der Waals surface area contributed by atoms with E-state index in [1.54, 1.807) is 44.2 Å². The van der Waals surface area contributed by atoms with E-state index in [0.717, 1.165) is 18.7 Å². The van der Waals surface area contributed by atoms with E-state index in [1.807, 2.05) is 0 Å². The van der Waals surface area contributed by atoms with Crippen molar-refractivity contribution in [2.75, 3.05) is 32.6 Å². The van der Waals surface area contributed by atoms with Gasteiger partial charge in [0.1, 0.15) is 0 Å². The number of aryl methyl sites for hydroxylation is 1. The van der Waals surface area contributed by atoms with Gasteiger partial charge in [-0.3, -0.25) is 0 Å². The second-order valence-corrected chi connectivity index (χ2v) is 6.68. The summed E-state index contributed by atoms with van der Waals surface area (Å²) in [7, 11) is 3.14. The Morgan fingerprint density at radius 1 is 1.23 bits per heavy atom. The summed E-state index contributed by atoms with van der Waals surface area (Å²) < 4.78 is 15.6. The first kappa shape index (κ1) is 18.0. The monoisotopic (exact) mass is 360 g/mol. The molecule has 1 aliphatic heterocycles. The smallest absolute Gasteiger partial charge is 0.321 e. The number of piperidine rings is 1. The zero-order chi connectivity index (χ0) is 18.7. The van der Waals surface area contributed by atoms with Crippen molar-refractivity contribution in [3.8, 4) is 11.5 Å². The molecule has 2 heterocycles. The first-order chi connectivity index (χ1) is 12.4. The summed E-state index contributed by atoms with van der Waals surface area (Å²) in [5, 5.41) is 6.96. The molecule has 1 aromatic heterocycles. The number of urea groups is 1. The Bertz CT molecular complexity index is 781. The van der Waals surface area contributed by atoms with Crippen molar-refractivity contribution in [1.82, 2.24) is 15.0 Å². The average Bonchev–Trinajstić information content (AvgIpc) is 3.09. The van der Waals surface area contributed by atoms with Crippen LogP contribution in [0.25, 0.3) is 0 Å². The molecule has 26 heavy (non-hydrogen) atoms. The molecule has 8 heteroatoms. The van der Waals surface area contributed by atoms with Crippen LogP contribution in [0.3, 0.4) is 0 Å². The Morgan fingerprint density at radius 2 is 1.92 bits per heavy atom. The van der Waals surface area contributed by atoms with Crippen LogP contribution >= 0.6 is 0 Å². The minimum Gasteiger partial charge on any atom is -0.493 e. The maximum absolute atomic E-state index is 12.6. The van der Waals surface area contributed by atoms with Gasteiger partial charge < -0.3 is 24.2 Å². The molecule has 1 aliphatic rings. The Morgan fingerprint density at radius 3 is 2.50 bits per heavy atom.